The largest absolute Gasteiger partial charge is 0.497 e. The van der Waals surface area contributed by atoms with Gasteiger partial charge in [-0.3, -0.25) is 0 Å². The Morgan fingerprint density at radius 2 is 1.97 bits per heavy atom. The number of ether oxygens (including phenoxy) is 2. The van der Waals surface area contributed by atoms with Gasteiger partial charge in [-0.2, -0.15) is 4.98 Å². The van der Waals surface area contributed by atoms with Crippen LogP contribution < -0.4 is 9.47 Å². The van der Waals surface area contributed by atoms with Crippen LogP contribution in [0.25, 0.3) is 23.0 Å². The van der Waals surface area contributed by atoms with Crippen LogP contribution in [-0.2, 0) is 6.42 Å². The third-order valence-electron chi connectivity index (χ3n) is 4.89. The zero-order chi connectivity index (χ0) is 23.1. The number of benzene rings is 1. The second kappa shape index (κ2) is 11.3. The fourth-order valence-electron chi connectivity index (χ4n) is 3.19. The van der Waals surface area contributed by atoms with Gasteiger partial charge >= 0.3 is 0 Å². The van der Waals surface area contributed by atoms with E-state index in [1.807, 2.05) is 19.1 Å². The van der Waals surface area contributed by atoms with Crippen LogP contribution in [0.5, 0.6) is 11.5 Å². The summed E-state index contributed by atoms with van der Waals surface area (Å²) >= 11 is 6.37. The normalized spacial score (nSPS) is 12.1. The molecule has 2 heterocycles. The third-order valence-corrected chi connectivity index (χ3v) is 5.17. The highest BCUT2D eigenvalue weighted by Gasteiger charge is 2.17. The molecule has 1 aromatic carbocycles. The molecule has 0 unspecified atom stereocenters. The molecule has 0 fully saturated rings. The topological polar surface area (TPSA) is 111 Å². The van der Waals surface area contributed by atoms with Gasteiger partial charge in [-0.25, -0.2) is 4.98 Å². The molecule has 0 amide bonds. The van der Waals surface area contributed by atoms with E-state index >= 15 is 0 Å². The minimum absolute atomic E-state index is 0.0646. The van der Waals surface area contributed by atoms with Crippen LogP contribution in [0.2, 0.25) is 5.02 Å². The van der Waals surface area contributed by atoms with Crippen LogP contribution in [0.15, 0.2) is 28.8 Å². The average Bonchev–Trinajstić information content (AvgIpc) is 3.28. The number of aryl methyl sites for hydroxylation is 2. The zero-order valence-corrected chi connectivity index (χ0v) is 19.2. The Morgan fingerprint density at radius 1 is 1.16 bits per heavy atom. The lowest BCUT2D eigenvalue weighted by Crippen LogP contribution is -2.21. The highest BCUT2D eigenvalue weighted by Crippen LogP contribution is 2.34. The quantitative estimate of drug-likeness (QED) is 0.408. The van der Waals surface area contributed by atoms with Gasteiger partial charge in [0.05, 0.1) is 18.7 Å². The molecule has 3 rings (SSSR count). The predicted molar refractivity (Wildman–Crippen MR) is 121 cm³/mol. The summed E-state index contributed by atoms with van der Waals surface area (Å²) in [5.74, 6) is 1.77. The molecule has 0 spiro atoms. The average molecular weight is 462 g/mol. The summed E-state index contributed by atoms with van der Waals surface area (Å²) in [5, 5.41) is 22.9. The van der Waals surface area contributed by atoms with E-state index in [0.717, 1.165) is 36.9 Å². The van der Waals surface area contributed by atoms with Gasteiger partial charge in [0.2, 0.25) is 5.82 Å². The van der Waals surface area contributed by atoms with Crippen molar-refractivity contribution in [3.8, 4) is 34.5 Å². The van der Waals surface area contributed by atoms with Gasteiger partial charge in [-0.05, 0) is 37.5 Å². The first-order valence-electron chi connectivity index (χ1n) is 10.6. The molecule has 8 nitrogen and oxygen atoms in total. The Bertz CT molecular complexity index is 1020. The molecule has 2 N–H and O–H groups in total. The number of aliphatic hydroxyl groups excluding tert-OH is 2. The van der Waals surface area contributed by atoms with Gasteiger partial charge in [0.1, 0.15) is 29.9 Å². The Morgan fingerprint density at radius 3 is 2.66 bits per heavy atom. The van der Waals surface area contributed by atoms with Gasteiger partial charge in [0.15, 0.2) is 0 Å². The molecule has 172 valence electrons. The lowest BCUT2D eigenvalue weighted by Gasteiger charge is -2.14. The summed E-state index contributed by atoms with van der Waals surface area (Å²) in [4.78, 5) is 9.16. The van der Waals surface area contributed by atoms with Crippen molar-refractivity contribution in [3.05, 3.63) is 40.5 Å². The summed E-state index contributed by atoms with van der Waals surface area (Å²) in [6.45, 7) is 3.53. The lowest BCUT2D eigenvalue weighted by molar-refractivity contribution is 0.0534. The fourth-order valence-corrected chi connectivity index (χ4v) is 3.51. The first kappa shape index (κ1) is 24.0. The lowest BCUT2D eigenvalue weighted by atomic mass is 10.1. The number of hydrogen-bond acceptors (Lipinski definition) is 8. The van der Waals surface area contributed by atoms with Crippen molar-refractivity contribution in [1.82, 2.24) is 15.1 Å². The van der Waals surface area contributed by atoms with Crippen molar-refractivity contribution in [2.75, 3.05) is 20.3 Å². The molecule has 0 aliphatic rings. The van der Waals surface area contributed by atoms with Gasteiger partial charge in [0, 0.05) is 23.4 Å². The van der Waals surface area contributed by atoms with E-state index in [1.54, 1.807) is 19.2 Å². The molecular formula is C23H28ClN3O5. The molecule has 2 aromatic heterocycles. The molecule has 3 aromatic rings. The van der Waals surface area contributed by atoms with Crippen LogP contribution in [0.3, 0.4) is 0 Å². The Balaban J connectivity index is 1.84. The first-order valence-corrected chi connectivity index (χ1v) is 10.9. The highest BCUT2D eigenvalue weighted by molar-refractivity contribution is 6.32. The third kappa shape index (κ3) is 5.97. The molecule has 0 bridgehead atoms. The summed E-state index contributed by atoms with van der Waals surface area (Å²) in [7, 11) is 1.61. The maximum atomic E-state index is 9.50. The molecule has 0 saturated heterocycles. The molecule has 0 aliphatic heterocycles. The van der Waals surface area contributed by atoms with Crippen molar-refractivity contribution in [1.29, 1.82) is 0 Å². The number of pyridine rings is 1. The van der Waals surface area contributed by atoms with Crippen molar-refractivity contribution in [3.63, 3.8) is 0 Å². The van der Waals surface area contributed by atoms with Gasteiger partial charge in [-0.15, -0.1) is 0 Å². The first-order chi connectivity index (χ1) is 15.4. The van der Waals surface area contributed by atoms with Crippen LogP contribution in [0.1, 0.15) is 37.4 Å². The van der Waals surface area contributed by atoms with Crippen molar-refractivity contribution < 1.29 is 24.2 Å². The molecular weight excluding hydrogens is 434 g/mol. The fraction of sp³-hybridized carbons (Fsp3) is 0.435. The van der Waals surface area contributed by atoms with Gasteiger partial charge < -0.3 is 24.2 Å². The smallest absolute Gasteiger partial charge is 0.276 e. The standard InChI is InChI=1S/C23H28ClN3O5/c1-4-5-6-7-16-10-18(30-3)11-20(25-16)23-26-22(27-32-23)15-8-14(2)21(19(24)9-15)31-13-17(29)12-28/h8-11,17,28-29H,4-7,12-13H2,1-3H3/t17-/m0/s1. The van der Waals surface area contributed by atoms with Crippen LogP contribution in [-0.4, -0.2) is 51.8 Å². The second-order valence-corrected chi connectivity index (χ2v) is 7.92. The monoisotopic (exact) mass is 461 g/mol. The minimum Gasteiger partial charge on any atom is -0.497 e. The van der Waals surface area contributed by atoms with Gasteiger partial charge in [0.25, 0.3) is 5.89 Å². The summed E-state index contributed by atoms with van der Waals surface area (Å²) in [5.41, 5.74) is 2.86. The Kier molecular flexibility index (Phi) is 8.44. The van der Waals surface area contributed by atoms with E-state index in [2.05, 4.69) is 22.0 Å². The number of aromatic nitrogens is 3. The molecule has 0 saturated carbocycles. The number of halogens is 1. The number of methoxy groups -OCH3 is 1. The maximum absolute atomic E-state index is 9.50. The number of unbranched alkanes of at least 4 members (excludes halogenated alkanes) is 2. The van der Waals surface area contributed by atoms with E-state index in [9.17, 15) is 5.11 Å². The number of aliphatic hydroxyl groups is 2. The summed E-state index contributed by atoms with van der Waals surface area (Å²) < 4.78 is 16.4. The summed E-state index contributed by atoms with van der Waals surface area (Å²) in [6.07, 6.45) is 3.19. The number of hydrogen-bond donors (Lipinski definition) is 2. The molecule has 0 radical (unpaired) electrons. The van der Waals surface area contributed by atoms with E-state index in [4.69, 9.17) is 30.7 Å². The van der Waals surface area contributed by atoms with Gasteiger partial charge in [-0.1, -0.05) is 36.5 Å². The molecule has 1 atom stereocenters. The van der Waals surface area contributed by atoms with E-state index in [-0.39, 0.29) is 19.1 Å². The van der Waals surface area contributed by atoms with Crippen molar-refractivity contribution in [2.24, 2.45) is 0 Å². The van der Waals surface area contributed by atoms with Crippen molar-refractivity contribution in [2.45, 2.75) is 45.6 Å². The van der Waals surface area contributed by atoms with Crippen LogP contribution in [0.4, 0.5) is 0 Å². The maximum Gasteiger partial charge on any atom is 0.276 e. The minimum atomic E-state index is -0.980. The van der Waals surface area contributed by atoms with E-state index in [0.29, 0.717) is 33.6 Å². The van der Waals surface area contributed by atoms with E-state index < -0.39 is 6.10 Å². The number of nitrogens with zero attached hydrogens (tertiary/aromatic N) is 3. The van der Waals surface area contributed by atoms with Crippen molar-refractivity contribution >= 4 is 11.6 Å². The zero-order valence-electron chi connectivity index (χ0n) is 18.5. The number of rotatable bonds is 11. The molecule has 32 heavy (non-hydrogen) atoms. The predicted octanol–water partition coefficient (Wildman–Crippen LogP) is 4.23. The summed E-state index contributed by atoms with van der Waals surface area (Å²) in [6, 6.07) is 7.17. The second-order valence-electron chi connectivity index (χ2n) is 7.52. The molecule has 9 heteroatoms. The Hall–Kier alpha value is -2.68. The highest BCUT2D eigenvalue weighted by atomic mass is 35.5. The van der Waals surface area contributed by atoms with Crippen LogP contribution >= 0.6 is 11.6 Å². The molecule has 0 aliphatic carbocycles. The van der Waals surface area contributed by atoms with E-state index in [1.165, 1.54) is 0 Å². The Labute approximate surface area is 192 Å². The van der Waals surface area contributed by atoms with Crippen LogP contribution in [0, 0.1) is 6.92 Å². The SMILES string of the molecule is CCCCCc1cc(OC)cc(-c2nc(-c3cc(C)c(OC[C@@H](O)CO)c(Cl)c3)no2)n1.